The number of likely N-dealkylation sites (tertiary alicyclic amines) is 1. The Morgan fingerprint density at radius 1 is 1.18 bits per heavy atom. The van der Waals surface area contributed by atoms with Crippen molar-refractivity contribution in [2.75, 3.05) is 32.5 Å². The summed E-state index contributed by atoms with van der Waals surface area (Å²) in [6, 6.07) is 6.07. The number of aryl methyl sites for hydroxylation is 2. The summed E-state index contributed by atoms with van der Waals surface area (Å²) in [7, 11) is 3.50. The molecular formula is C17H25N3O2. The normalized spacial score (nSPS) is 15.5. The van der Waals surface area contributed by atoms with Crippen LogP contribution < -0.4 is 5.32 Å². The van der Waals surface area contributed by atoms with Crippen LogP contribution in [0.3, 0.4) is 0 Å². The summed E-state index contributed by atoms with van der Waals surface area (Å²) in [6.07, 6.45) is 1.44. The molecule has 1 aliphatic rings. The molecule has 1 aromatic rings. The summed E-state index contributed by atoms with van der Waals surface area (Å²) >= 11 is 0. The van der Waals surface area contributed by atoms with E-state index in [-0.39, 0.29) is 17.9 Å². The monoisotopic (exact) mass is 303 g/mol. The van der Waals surface area contributed by atoms with E-state index >= 15 is 0 Å². The molecule has 5 nitrogen and oxygen atoms in total. The lowest BCUT2D eigenvalue weighted by Crippen LogP contribution is -2.45. The third-order valence-electron chi connectivity index (χ3n) is 4.17. The molecular weight excluding hydrogens is 278 g/mol. The number of piperidine rings is 1. The number of carbonyl (C=O) groups is 2. The van der Waals surface area contributed by atoms with Crippen molar-refractivity contribution >= 4 is 17.6 Å². The quantitative estimate of drug-likeness (QED) is 0.913. The van der Waals surface area contributed by atoms with E-state index in [2.05, 4.69) is 5.32 Å². The van der Waals surface area contributed by atoms with Crippen molar-refractivity contribution in [1.29, 1.82) is 0 Å². The SMILES string of the molecule is Cc1ccc(C)c(NC(=O)C2CCN(C(=O)N(C)C)CC2)c1. The number of nitrogens with one attached hydrogen (secondary N) is 1. The van der Waals surface area contributed by atoms with Crippen LogP contribution in [0.2, 0.25) is 0 Å². The molecule has 5 heteroatoms. The molecule has 0 spiro atoms. The minimum Gasteiger partial charge on any atom is -0.331 e. The zero-order valence-electron chi connectivity index (χ0n) is 13.8. The molecule has 0 aromatic heterocycles. The summed E-state index contributed by atoms with van der Waals surface area (Å²) < 4.78 is 0. The second kappa shape index (κ2) is 6.81. The second-order valence-electron chi connectivity index (χ2n) is 6.25. The van der Waals surface area contributed by atoms with Crippen LogP contribution in [0.25, 0.3) is 0 Å². The van der Waals surface area contributed by atoms with E-state index in [1.807, 2.05) is 36.9 Å². The van der Waals surface area contributed by atoms with Crippen molar-refractivity contribution in [2.24, 2.45) is 5.92 Å². The predicted octanol–water partition coefficient (Wildman–Crippen LogP) is 2.64. The van der Waals surface area contributed by atoms with Crippen LogP contribution in [0.1, 0.15) is 24.0 Å². The van der Waals surface area contributed by atoms with Crippen LogP contribution in [0, 0.1) is 19.8 Å². The summed E-state index contributed by atoms with van der Waals surface area (Å²) in [5, 5.41) is 3.03. The van der Waals surface area contributed by atoms with Gasteiger partial charge in [-0.2, -0.15) is 0 Å². The largest absolute Gasteiger partial charge is 0.331 e. The highest BCUT2D eigenvalue weighted by Gasteiger charge is 2.28. The van der Waals surface area contributed by atoms with E-state index in [0.717, 1.165) is 29.7 Å². The fourth-order valence-corrected chi connectivity index (χ4v) is 2.72. The Morgan fingerprint density at radius 3 is 2.41 bits per heavy atom. The third kappa shape index (κ3) is 3.78. The van der Waals surface area contributed by atoms with Crippen LogP contribution in [0.15, 0.2) is 18.2 Å². The molecule has 0 saturated carbocycles. The van der Waals surface area contributed by atoms with Crippen molar-refractivity contribution in [3.8, 4) is 0 Å². The fourth-order valence-electron chi connectivity index (χ4n) is 2.72. The number of benzene rings is 1. The minimum atomic E-state index is -0.0221. The molecule has 1 saturated heterocycles. The van der Waals surface area contributed by atoms with Gasteiger partial charge in [-0.3, -0.25) is 4.79 Å². The van der Waals surface area contributed by atoms with Crippen molar-refractivity contribution in [3.63, 3.8) is 0 Å². The van der Waals surface area contributed by atoms with Gasteiger partial charge in [-0.1, -0.05) is 12.1 Å². The molecule has 120 valence electrons. The number of rotatable bonds is 2. The van der Waals surface area contributed by atoms with E-state index in [1.165, 1.54) is 0 Å². The van der Waals surface area contributed by atoms with Gasteiger partial charge < -0.3 is 15.1 Å². The number of hydrogen-bond donors (Lipinski definition) is 1. The number of anilines is 1. The highest BCUT2D eigenvalue weighted by molar-refractivity contribution is 5.93. The lowest BCUT2D eigenvalue weighted by Gasteiger charge is -2.33. The Hall–Kier alpha value is -2.04. The predicted molar refractivity (Wildman–Crippen MR) is 87.9 cm³/mol. The summed E-state index contributed by atoms with van der Waals surface area (Å²) in [5.74, 6) is 0.0387. The molecule has 1 aliphatic heterocycles. The van der Waals surface area contributed by atoms with Crippen molar-refractivity contribution in [3.05, 3.63) is 29.3 Å². The van der Waals surface area contributed by atoms with Crippen molar-refractivity contribution in [1.82, 2.24) is 9.80 Å². The van der Waals surface area contributed by atoms with Crippen LogP contribution in [-0.2, 0) is 4.79 Å². The van der Waals surface area contributed by atoms with Gasteiger partial charge in [0.25, 0.3) is 0 Å². The highest BCUT2D eigenvalue weighted by Crippen LogP contribution is 2.22. The van der Waals surface area contributed by atoms with E-state index in [0.29, 0.717) is 13.1 Å². The minimum absolute atomic E-state index is 0.0217. The maximum absolute atomic E-state index is 12.4. The first-order valence-electron chi connectivity index (χ1n) is 7.73. The third-order valence-corrected chi connectivity index (χ3v) is 4.17. The maximum Gasteiger partial charge on any atom is 0.319 e. The fraction of sp³-hybridized carbons (Fsp3) is 0.529. The van der Waals surface area contributed by atoms with Gasteiger partial charge in [0.2, 0.25) is 5.91 Å². The Morgan fingerprint density at radius 2 is 1.82 bits per heavy atom. The van der Waals surface area contributed by atoms with Crippen LogP contribution in [-0.4, -0.2) is 48.9 Å². The van der Waals surface area contributed by atoms with Gasteiger partial charge in [0, 0.05) is 38.8 Å². The zero-order valence-corrected chi connectivity index (χ0v) is 13.8. The first kappa shape index (κ1) is 16.3. The first-order chi connectivity index (χ1) is 10.4. The zero-order chi connectivity index (χ0) is 16.3. The molecule has 0 radical (unpaired) electrons. The topological polar surface area (TPSA) is 52.7 Å². The van der Waals surface area contributed by atoms with Crippen molar-refractivity contribution in [2.45, 2.75) is 26.7 Å². The lowest BCUT2D eigenvalue weighted by molar-refractivity contribution is -0.121. The van der Waals surface area contributed by atoms with Gasteiger partial charge in [-0.05, 0) is 43.9 Å². The molecule has 0 atom stereocenters. The number of amides is 3. The van der Waals surface area contributed by atoms with Gasteiger partial charge in [-0.15, -0.1) is 0 Å². The van der Waals surface area contributed by atoms with Gasteiger partial charge in [-0.25, -0.2) is 4.79 Å². The molecule has 1 N–H and O–H groups in total. The Balaban J connectivity index is 1.93. The molecule has 3 amide bonds. The molecule has 2 rings (SSSR count). The van der Waals surface area contributed by atoms with Gasteiger partial charge >= 0.3 is 6.03 Å². The average Bonchev–Trinajstić information content (AvgIpc) is 2.50. The first-order valence-corrected chi connectivity index (χ1v) is 7.73. The summed E-state index contributed by atoms with van der Waals surface area (Å²) in [6.45, 7) is 5.29. The molecule has 1 heterocycles. The standard InChI is InChI=1S/C17H25N3O2/c1-12-5-6-13(2)15(11-12)18-16(21)14-7-9-20(10-8-14)17(22)19(3)4/h5-6,11,14H,7-10H2,1-4H3,(H,18,21). The Kier molecular flexibility index (Phi) is 5.06. The van der Waals surface area contributed by atoms with Gasteiger partial charge in [0.15, 0.2) is 0 Å². The van der Waals surface area contributed by atoms with Crippen LogP contribution in [0.4, 0.5) is 10.5 Å². The maximum atomic E-state index is 12.4. The van der Waals surface area contributed by atoms with Crippen molar-refractivity contribution < 1.29 is 9.59 Å². The average molecular weight is 303 g/mol. The van der Waals surface area contributed by atoms with Gasteiger partial charge in [0.05, 0.1) is 0 Å². The molecule has 0 bridgehead atoms. The molecule has 0 aliphatic carbocycles. The second-order valence-corrected chi connectivity index (χ2v) is 6.25. The summed E-state index contributed by atoms with van der Waals surface area (Å²) in [5.41, 5.74) is 3.09. The summed E-state index contributed by atoms with van der Waals surface area (Å²) in [4.78, 5) is 27.7. The van der Waals surface area contributed by atoms with E-state index in [1.54, 1.807) is 19.0 Å². The van der Waals surface area contributed by atoms with E-state index in [9.17, 15) is 9.59 Å². The van der Waals surface area contributed by atoms with E-state index in [4.69, 9.17) is 0 Å². The molecule has 0 unspecified atom stereocenters. The number of urea groups is 1. The number of nitrogens with zero attached hydrogens (tertiary/aromatic N) is 2. The van der Waals surface area contributed by atoms with Gasteiger partial charge in [0.1, 0.15) is 0 Å². The van der Waals surface area contributed by atoms with E-state index < -0.39 is 0 Å². The molecule has 1 aromatic carbocycles. The molecule has 22 heavy (non-hydrogen) atoms. The smallest absolute Gasteiger partial charge is 0.319 e. The Labute approximate surface area is 132 Å². The van der Waals surface area contributed by atoms with Crippen LogP contribution >= 0.6 is 0 Å². The molecule has 1 fully saturated rings. The number of hydrogen-bond acceptors (Lipinski definition) is 2. The lowest BCUT2D eigenvalue weighted by atomic mass is 9.95. The Bertz CT molecular complexity index is 561. The van der Waals surface area contributed by atoms with Crippen LogP contribution in [0.5, 0.6) is 0 Å². The highest BCUT2D eigenvalue weighted by atomic mass is 16.2. The number of carbonyl (C=O) groups excluding carboxylic acids is 2.